The summed E-state index contributed by atoms with van der Waals surface area (Å²) in [6.07, 6.45) is 0. The average molecular weight is 330 g/mol. The quantitative estimate of drug-likeness (QED) is 0.740. The van der Waals surface area contributed by atoms with Crippen LogP contribution in [0, 0.1) is 13.8 Å². The topological polar surface area (TPSA) is 22.4 Å². The molecule has 1 aromatic heterocycles. The van der Waals surface area contributed by atoms with Crippen molar-refractivity contribution in [3.8, 4) is 5.75 Å². The summed E-state index contributed by atoms with van der Waals surface area (Å²) in [7, 11) is 1.64. The smallest absolute Gasteiger partial charge is 0.123 e. The summed E-state index contributed by atoms with van der Waals surface area (Å²) in [6, 6.07) is 7.77. The molecule has 1 atom stereocenters. The summed E-state index contributed by atoms with van der Waals surface area (Å²) in [6.45, 7) is 3.83. The molecule has 2 nitrogen and oxygen atoms in total. The van der Waals surface area contributed by atoms with Gasteiger partial charge < -0.3 is 9.15 Å². The van der Waals surface area contributed by atoms with E-state index in [1.807, 2.05) is 38.1 Å². The fraction of sp³-hybridized carbons (Fsp3) is 0.286. The first kappa shape index (κ1) is 13.5. The first-order valence-corrected chi connectivity index (χ1v) is 6.80. The number of furan rings is 1. The molecule has 4 heteroatoms. The number of hydrogen-bond acceptors (Lipinski definition) is 2. The Bertz CT molecular complexity index is 563. The highest BCUT2D eigenvalue weighted by atomic mass is 79.9. The van der Waals surface area contributed by atoms with E-state index in [2.05, 4.69) is 15.9 Å². The molecular formula is C14H14BrClO2. The number of aryl methyl sites for hydroxylation is 2. The van der Waals surface area contributed by atoms with Crippen LogP contribution in [0.1, 0.15) is 28.0 Å². The van der Waals surface area contributed by atoms with E-state index in [1.54, 1.807) is 7.11 Å². The van der Waals surface area contributed by atoms with E-state index in [0.717, 1.165) is 32.9 Å². The van der Waals surface area contributed by atoms with Gasteiger partial charge in [-0.1, -0.05) is 15.9 Å². The molecule has 0 saturated carbocycles. The Morgan fingerprint density at radius 2 is 1.94 bits per heavy atom. The zero-order valence-electron chi connectivity index (χ0n) is 10.5. The van der Waals surface area contributed by atoms with Gasteiger partial charge in [-0.15, -0.1) is 11.6 Å². The number of methoxy groups -OCH3 is 1. The summed E-state index contributed by atoms with van der Waals surface area (Å²) in [5.41, 5.74) is 1.91. The molecule has 1 heterocycles. The maximum atomic E-state index is 6.55. The van der Waals surface area contributed by atoms with Crippen LogP contribution in [0.25, 0.3) is 0 Å². The number of halogens is 2. The Morgan fingerprint density at radius 1 is 1.22 bits per heavy atom. The van der Waals surface area contributed by atoms with Crippen molar-refractivity contribution in [3.63, 3.8) is 0 Å². The second-order valence-corrected chi connectivity index (χ2v) is 5.47. The number of rotatable bonds is 3. The van der Waals surface area contributed by atoms with Gasteiger partial charge in [0.2, 0.25) is 0 Å². The fourth-order valence-corrected chi connectivity index (χ4v) is 2.74. The van der Waals surface area contributed by atoms with Crippen LogP contribution in [0.15, 0.2) is 33.2 Å². The molecule has 0 aliphatic heterocycles. The van der Waals surface area contributed by atoms with E-state index in [9.17, 15) is 0 Å². The van der Waals surface area contributed by atoms with Gasteiger partial charge in [0.05, 0.1) is 12.5 Å². The molecule has 2 aromatic rings. The predicted octanol–water partition coefficient (Wildman–Crippen LogP) is 5.00. The summed E-state index contributed by atoms with van der Waals surface area (Å²) in [4.78, 5) is 0. The Balaban J connectivity index is 2.48. The van der Waals surface area contributed by atoms with E-state index in [0.29, 0.717) is 0 Å². The average Bonchev–Trinajstić information content (AvgIpc) is 2.67. The Morgan fingerprint density at radius 3 is 2.50 bits per heavy atom. The van der Waals surface area contributed by atoms with Crippen LogP contribution >= 0.6 is 27.5 Å². The molecule has 1 aromatic carbocycles. The fourth-order valence-electron chi connectivity index (χ4n) is 1.97. The maximum absolute atomic E-state index is 6.55. The Labute approximate surface area is 120 Å². The third kappa shape index (κ3) is 2.57. The van der Waals surface area contributed by atoms with E-state index in [4.69, 9.17) is 20.8 Å². The molecule has 0 spiro atoms. The molecule has 0 fully saturated rings. The maximum Gasteiger partial charge on any atom is 0.123 e. The van der Waals surface area contributed by atoms with Crippen LogP contribution in [-0.2, 0) is 0 Å². The van der Waals surface area contributed by atoms with Crippen molar-refractivity contribution in [1.82, 2.24) is 0 Å². The molecule has 0 radical (unpaired) electrons. The monoisotopic (exact) mass is 328 g/mol. The minimum absolute atomic E-state index is 0.283. The summed E-state index contributed by atoms with van der Waals surface area (Å²) in [5.74, 6) is 2.48. The van der Waals surface area contributed by atoms with Crippen molar-refractivity contribution >= 4 is 27.5 Å². The number of benzene rings is 1. The molecule has 0 saturated heterocycles. The normalized spacial score (nSPS) is 12.5. The molecule has 0 bridgehead atoms. The molecule has 0 N–H and O–H groups in total. The highest BCUT2D eigenvalue weighted by Gasteiger charge is 2.20. The zero-order valence-corrected chi connectivity index (χ0v) is 12.8. The lowest BCUT2D eigenvalue weighted by molar-refractivity contribution is 0.410. The first-order chi connectivity index (χ1) is 8.52. The highest BCUT2D eigenvalue weighted by Crippen LogP contribution is 2.38. The molecule has 96 valence electrons. The van der Waals surface area contributed by atoms with Crippen molar-refractivity contribution < 1.29 is 9.15 Å². The van der Waals surface area contributed by atoms with Gasteiger partial charge in [-0.25, -0.2) is 0 Å². The molecular weight excluding hydrogens is 316 g/mol. The molecule has 1 unspecified atom stereocenters. The van der Waals surface area contributed by atoms with Gasteiger partial charge >= 0.3 is 0 Å². The van der Waals surface area contributed by atoms with Crippen LogP contribution in [0.4, 0.5) is 0 Å². The SMILES string of the molecule is COc1ccc(Br)cc1C(Cl)c1cc(C)oc1C. The molecule has 0 aliphatic rings. The van der Waals surface area contributed by atoms with Gasteiger partial charge in [0.1, 0.15) is 17.3 Å². The van der Waals surface area contributed by atoms with Gasteiger partial charge in [0.25, 0.3) is 0 Å². The van der Waals surface area contributed by atoms with Gasteiger partial charge in [-0.3, -0.25) is 0 Å². The van der Waals surface area contributed by atoms with Gasteiger partial charge in [0.15, 0.2) is 0 Å². The number of alkyl halides is 1. The van der Waals surface area contributed by atoms with E-state index in [1.165, 1.54) is 0 Å². The van der Waals surface area contributed by atoms with Gasteiger partial charge in [0, 0.05) is 15.6 Å². The van der Waals surface area contributed by atoms with E-state index >= 15 is 0 Å². The molecule has 2 rings (SSSR count). The van der Waals surface area contributed by atoms with Crippen LogP contribution in [0.3, 0.4) is 0 Å². The van der Waals surface area contributed by atoms with Crippen molar-refractivity contribution in [2.45, 2.75) is 19.2 Å². The minimum Gasteiger partial charge on any atom is -0.496 e. The second-order valence-electron chi connectivity index (χ2n) is 4.12. The highest BCUT2D eigenvalue weighted by molar-refractivity contribution is 9.10. The molecule has 0 amide bonds. The largest absolute Gasteiger partial charge is 0.496 e. The van der Waals surface area contributed by atoms with Crippen LogP contribution in [0.5, 0.6) is 5.75 Å². The molecule has 18 heavy (non-hydrogen) atoms. The predicted molar refractivity (Wildman–Crippen MR) is 76.6 cm³/mol. The first-order valence-electron chi connectivity index (χ1n) is 5.57. The number of hydrogen-bond donors (Lipinski definition) is 0. The van der Waals surface area contributed by atoms with Crippen molar-refractivity contribution in [1.29, 1.82) is 0 Å². The lowest BCUT2D eigenvalue weighted by atomic mass is 10.0. The van der Waals surface area contributed by atoms with Gasteiger partial charge in [-0.05, 0) is 38.1 Å². The lowest BCUT2D eigenvalue weighted by Gasteiger charge is -2.14. The van der Waals surface area contributed by atoms with Crippen LogP contribution in [-0.4, -0.2) is 7.11 Å². The second kappa shape index (κ2) is 5.37. The number of ether oxygens (including phenoxy) is 1. The van der Waals surface area contributed by atoms with Crippen LogP contribution < -0.4 is 4.74 Å². The third-order valence-electron chi connectivity index (χ3n) is 2.82. The Kier molecular flexibility index (Phi) is 4.03. The third-order valence-corrected chi connectivity index (χ3v) is 3.78. The summed E-state index contributed by atoms with van der Waals surface area (Å²) >= 11 is 10.00. The lowest BCUT2D eigenvalue weighted by Crippen LogP contribution is -1.97. The zero-order chi connectivity index (χ0) is 13.3. The van der Waals surface area contributed by atoms with Crippen molar-refractivity contribution in [3.05, 3.63) is 51.4 Å². The van der Waals surface area contributed by atoms with Crippen molar-refractivity contribution in [2.24, 2.45) is 0 Å². The van der Waals surface area contributed by atoms with Crippen LogP contribution in [0.2, 0.25) is 0 Å². The molecule has 0 aliphatic carbocycles. The van der Waals surface area contributed by atoms with Crippen molar-refractivity contribution in [2.75, 3.05) is 7.11 Å². The minimum atomic E-state index is -0.283. The standard InChI is InChI=1S/C14H14BrClO2/c1-8-6-11(9(2)18-8)14(16)12-7-10(15)4-5-13(12)17-3/h4-7,14H,1-3H3. The summed E-state index contributed by atoms with van der Waals surface area (Å²) in [5, 5.41) is -0.283. The Hall–Kier alpha value is -0.930. The van der Waals surface area contributed by atoms with E-state index in [-0.39, 0.29) is 5.38 Å². The van der Waals surface area contributed by atoms with E-state index < -0.39 is 0 Å². The van der Waals surface area contributed by atoms with Gasteiger partial charge in [-0.2, -0.15) is 0 Å². The summed E-state index contributed by atoms with van der Waals surface area (Å²) < 4.78 is 11.9.